The molecule has 0 unspecified atom stereocenters. The zero-order valence-electron chi connectivity index (χ0n) is 13.0. The molecule has 0 radical (unpaired) electrons. The third kappa shape index (κ3) is 3.24. The van der Waals surface area contributed by atoms with Crippen LogP contribution in [0.15, 0.2) is 30.5 Å². The molecule has 0 amide bonds. The van der Waals surface area contributed by atoms with Crippen molar-refractivity contribution in [2.24, 2.45) is 5.92 Å². The zero-order valence-corrected chi connectivity index (χ0v) is 13.0. The van der Waals surface area contributed by atoms with Gasteiger partial charge in [-0.2, -0.15) is 5.26 Å². The number of halogens is 2. The molecule has 0 saturated heterocycles. The van der Waals surface area contributed by atoms with Gasteiger partial charge in [0.2, 0.25) is 0 Å². The van der Waals surface area contributed by atoms with E-state index in [0.29, 0.717) is 17.2 Å². The molecular weight excluding hydrogens is 294 g/mol. The summed E-state index contributed by atoms with van der Waals surface area (Å²) in [5.74, 6) is -0.380. The molecule has 0 N–H and O–H groups in total. The Hall–Kier alpha value is -2.28. The molecule has 1 fully saturated rings. The minimum atomic E-state index is -0.852. The Kier molecular flexibility index (Phi) is 4.38. The molecule has 2 aromatic rings. The number of nitriles is 1. The zero-order chi connectivity index (χ0) is 16.4. The minimum Gasteiger partial charge on any atom is -0.256 e. The number of aromatic nitrogens is 1. The van der Waals surface area contributed by atoms with Gasteiger partial charge in [-0.1, -0.05) is 25.8 Å². The first-order valence-corrected chi connectivity index (χ1v) is 7.94. The Morgan fingerprint density at radius 2 is 1.74 bits per heavy atom. The van der Waals surface area contributed by atoms with Gasteiger partial charge < -0.3 is 0 Å². The van der Waals surface area contributed by atoms with Gasteiger partial charge in [-0.25, -0.2) is 8.78 Å². The minimum absolute atomic E-state index is 0.350. The Bertz CT molecular complexity index is 716. The molecule has 23 heavy (non-hydrogen) atoms. The van der Waals surface area contributed by atoms with Crippen molar-refractivity contribution in [2.75, 3.05) is 0 Å². The third-order valence-corrected chi connectivity index (χ3v) is 4.72. The number of hydrogen-bond donors (Lipinski definition) is 0. The van der Waals surface area contributed by atoms with Crippen molar-refractivity contribution in [3.63, 3.8) is 0 Å². The lowest BCUT2D eigenvalue weighted by Crippen LogP contribution is -2.11. The fourth-order valence-corrected chi connectivity index (χ4v) is 3.24. The van der Waals surface area contributed by atoms with E-state index >= 15 is 0 Å². The molecule has 0 atom stereocenters. The summed E-state index contributed by atoms with van der Waals surface area (Å²) >= 11 is 0. The second kappa shape index (κ2) is 6.45. The van der Waals surface area contributed by atoms with Gasteiger partial charge in [0.15, 0.2) is 0 Å². The molecule has 3 rings (SSSR count). The monoisotopic (exact) mass is 312 g/mol. The van der Waals surface area contributed by atoms with Crippen molar-refractivity contribution in [1.82, 2.24) is 4.98 Å². The Morgan fingerprint density at radius 3 is 2.26 bits per heavy atom. The fraction of sp³-hybridized carbons (Fsp3) is 0.368. The van der Waals surface area contributed by atoms with Crippen molar-refractivity contribution in [1.29, 1.82) is 5.26 Å². The number of rotatable bonds is 2. The lowest BCUT2D eigenvalue weighted by molar-refractivity contribution is 0.347. The lowest BCUT2D eigenvalue weighted by Gasteiger charge is -2.26. The summed E-state index contributed by atoms with van der Waals surface area (Å²) < 4.78 is 27.4. The van der Waals surface area contributed by atoms with Crippen LogP contribution in [-0.4, -0.2) is 4.98 Å². The van der Waals surface area contributed by atoms with Gasteiger partial charge >= 0.3 is 0 Å². The molecule has 0 spiro atoms. The molecule has 1 aromatic heterocycles. The summed E-state index contributed by atoms with van der Waals surface area (Å²) in [4.78, 5) is 4.36. The van der Waals surface area contributed by atoms with E-state index in [2.05, 4.69) is 11.9 Å². The molecule has 0 aliphatic heterocycles. The first kappa shape index (κ1) is 15.6. The number of hydrogen-bond acceptors (Lipinski definition) is 2. The maximum atomic E-state index is 13.7. The van der Waals surface area contributed by atoms with Crippen LogP contribution in [0.1, 0.15) is 49.7 Å². The van der Waals surface area contributed by atoms with Crippen LogP contribution in [0.3, 0.4) is 0 Å². The Balaban J connectivity index is 1.84. The topological polar surface area (TPSA) is 36.7 Å². The SMILES string of the molecule is CC1CCC(c2ccc(-c3cc(F)c(C#N)c(F)c3)nc2)CC1. The molecular formula is C19H18F2N2. The van der Waals surface area contributed by atoms with Gasteiger partial charge in [0, 0.05) is 11.8 Å². The highest BCUT2D eigenvalue weighted by molar-refractivity contribution is 5.61. The highest BCUT2D eigenvalue weighted by Gasteiger charge is 2.20. The maximum Gasteiger partial charge on any atom is 0.144 e. The van der Waals surface area contributed by atoms with E-state index in [9.17, 15) is 8.78 Å². The second-order valence-electron chi connectivity index (χ2n) is 6.36. The number of pyridine rings is 1. The van der Waals surface area contributed by atoms with Crippen LogP contribution in [0.4, 0.5) is 8.78 Å². The molecule has 1 aliphatic rings. The first-order valence-electron chi connectivity index (χ1n) is 7.94. The summed E-state index contributed by atoms with van der Waals surface area (Å²) in [7, 11) is 0. The number of nitrogens with zero attached hydrogens (tertiary/aromatic N) is 2. The predicted octanol–water partition coefficient (Wildman–Crippen LogP) is 5.19. The summed E-state index contributed by atoms with van der Waals surface area (Å²) in [5.41, 5.74) is 1.50. The van der Waals surface area contributed by atoms with Crippen molar-refractivity contribution in [3.8, 4) is 17.3 Å². The van der Waals surface area contributed by atoms with E-state index < -0.39 is 17.2 Å². The van der Waals surface area contributed by atoms with Gasteiger partial charge in [-0.05, 0) is 48.4 Å². The van der Waals surface area contributed by atoms with Gasteiger partial charge in [0.05, 0.1) is 5.69 Å². The van der Waals surface area contributed by atoms with E-state index in [-0.39, 0.29) is 0 Å². The Labute approximate surface area is 134 Å². The standard InChI is InChI=1S/C19H18F2N2/c1-12-2-4-13(5-3-12)14-6-7-19(23-11-14)15-8-17(20)16(10-22)18(21)9-15/h6-9,11-13H,2-5H2,1H3. The van der Waals surface area contributed by atoms with Crippen LogP contribution in [-0.2, 0) is 0 Å². The normalized spacial score (nSPS) is 21.0. The highest BCUT2D eigenvalue weighted by atomic mass is 19.1. The van der Waals surface area contributed by atoms with E-state index in [4.69, 9.17) is 5.26 Å². The van der Waals surface area contributed by atoms with Crippen LogP contribution in [0.25, 0.3) is 11.3 Å². The smallest absolute Gasteiger partial charge is 0.144 e. The molecule has 2 nitrogen and oxygen atoms in total. The van der Waals surface area contributed by atoms with Crippen LogP contribution in [0.5, 0.6) is 0 Å². The van der Waals surface area contributed by atoms with Crippen LogP contribution in [0.2, 0.25) is 0 Å². The molecule has 118 valence electrons. The fourth-order valence-electron chi connectivity index (χ4n) is 3.24. The van der Waals surface area contributed by atoms with E-state index in [1.807, 2.05) is 12.3 Å². The summed E-state index contributed by atoms with van der Waals surface area (Å²) in [6.07, 6.45) is 6.62. The van der Waals surface area contributed by atoms with Crippen LogP contribution < -0.4 is 0 Å². The van der Waals surface area contributed by atoms with Crippen LogP contribution in [0, 0.1) is 28.9 Å². The number of benzene rings is 1. The summed E-state index contributed by atoms with van der Waals surface area (Å²) in [6, 6.07) is 7.64. The largest absolute Gasteiger partial charge is 0.256 e. The first-order chi connectivity index (χ1) is 11.1. The lowest BCUT2D eigenvalue weighted by atomic mass is 9.80. The van der Waals surface area contributed by atoms with Gasteiger partial charge in [0.25, 0.3) is 0 Å². The predicted molar refractivity (Wildman–Crippen MR) is 84.7 cm³/mol. The molecule has 4 heteroatoms. The average molecular weight is 312 g/mol. The van der Waals surface area contributed by atoms with Crippen molar-refractivity contribution < 1.29 is 8.78 Å². The molecule has 1 heterocycles. The quantitative estimate of drug-likeness (QED) is 0.765. The van der Waals surface area contributed by atoms with Crippen molar-refractivity contribution in [2.45, 2.75) is 38.5 Å². The van der Waals surface area contributed by atoms with E-state index in [1.165, 1.54) is 37.3 Å². The van der Waals surface area contributed by atoms with Gasteiger partial charge in [0.1, 0.15) is 23.3 Å². The van der Waals surface area contributed by atoms with E-state index in [1.54, 1.807) is 6.07 Å². The summed E-state index contributed by atoms with van der Waals surface area (Å²) in [6.45, 7) is 2.28. The van der Waals surface area contributed by atoms with Crippen LogP contribution >= 0.6 is 0 Å². The van der Waals surface area contributed by atoms with Crippen molar-refractivity contribution in [3.05, 3.63) is 53.2 Å². The third-order valence-electron chi connectivity index (χ3n) is 4.72. The Morgan fingerprint density at radius 1 is 1.09 bits per heavy atom. The molecule has 1 aromatic carbocycles. The average Bonchev–Trinajstić information content (AvgIpc) is 2.55. The second-order valence-corrected chi connectivity index (χ2v) is 6.36. The highest BCUT2D eigenvalue weighted by Crippen LogP contribution is 2.35. The molecule has 0 bridgehead atoms. The van der Waals surface area contributed by atoms with Crippen molar-refractivity contribution >= 4 is 0 Å². The van der Waals surface area contributed by atoms with Gasteiger partial charge in [-0.3, -0.25) is 4.98 Å². The van der Waals surface area contributed by atoms with Gasteiger partial charge in [-0.15, -0.1) is 0 Å². The maximum absolute atomic E-state index is 13.7. The summed E-state index contributed by atoms with van der Waals surface area (Å²) in [5, 5.41) is 8.71. The van der Waals surface area contributed by atoms with E-state index in [0.717, 1.165) is 18.1 Å². The molecule has 1 saturated carbocycles. The molecule has 1 aliphatic carbocycles.